The number of amides is 1. The normalized spacial score (nSPS) is 19.7. The van der Waals surface area contributed by atoms with Crippen molar-refractivity contribution in [2.24, 2.45) is 5.92 Å². The van der Waals surface area contributed by atoms with Crippen LogP contribution >= 0.6 is 0 Å². The minimum absolute atomic E-state index is 0.116. The van der Waals surface area contributed by atoms with Gasteiger partial charge in [0.2, 0.25) is 5.91 Å². The second-order valence-electron chi connectivity index (χ2n) is 4.30. The van der Waals surface area contributed by atoms with Crippen molar-refractivity contribution >= 4 is 5.91 Å². The van der Waals surface area contributed by atoms with Crippen molar-refractivity contribution in [3.05, 3.63) is 0 Å². The number of likely N-dealkylation sites (N-methyl/N-ethyl adjacent to an activating group) is 1. The van der Waals surface area contributed by atoms with Gasteiger partial charge in [0.1, 0.15) is 6.61 Å². The van der Waals surface area contributed by atoms with Gasteiger partial charge >= 0.3 is 0 Å². The smallest absolute Gasteiger partial charge is 0.248 e. The second-order valence-corrected chi connectivity index (χ2v) is 4.30. The number of ether oxygens (including phenoxy) is 1. The number of hydrogen-bond donors (Lipinski definition) is 1. The fourth-order valence-electron chi connectivity index (χ4n) is 1.75. The molecule has 0 saturated carbocycles. The number of nitrogens with zero attached hydrogens (tertiary/aromatic N) is 1. The Morgan fingerprint density at radius 1 is 1.53 bits per heavy atom. The molecule has 1 unspecified atom stereocenters. The Labute approximate surface area is 92.0 Å². The molecule has 1 fully saturated rings. The van der Waals surface area contributed by atoms with Crippen LogP contribution in [-0.4, -0.2) is 49.7 Å². The first-order valence-electron chi connectivity index (χ1n) is 5.74. The van der Waals surface area contributed by atoms with Crippen LogP contribution in [0.15, 0.2) is 0 Å². The first-order valence-corrected chi connectivity index (χ1v) is 5.74. The predicted molar refractivity (Wildman–Crippen MR) is 59.7 cm³/mol. The molecular formula is C11H22N2O2. The van der Waals surface area contributed by atoms with E-state index in [0.717, 1.165) is 19.6 Å². The van der Waals surface area contributed by atoms with Crippen LogP contribution in [0.3, 0.4) is 0 Å². The van der Waals surface area contributed by atoms with Gasteiger partial charge < -0.3 is 15.0 Å². The highest BCUT2D eigenvalue weighted by Crippen LogP contribution is 2.07. The van der Waals surface area contributed by atoms with Crippen LogP contribution in [0.4, 0.5) is 0 Å². The Kier molecular flexibility index (Phi) is 5.05. The van der Waals surface area contributed by atoms with Crippen molar-refractivity contribution in [2.75, 3.05) is 32.8 Å². The third-order valence-corrected chi connectivity index (χ3v) is 2.77. The molecule has 0 bridgehead atoms. The van der Waals surface area contributed by atoms with Crippen molar-refractivity contribution in [3.8, 4) is 0 Å². The maximum atomic E-state index is 11.5. The lowest BCUT2D eigenvalue weighted by Gasteiger charge is -2.32. The van der Waals surface area contributed by atoms with Crippen LogP contribution in [0.2, 0.25) is 0 Å². The Morgan fingerprint density at radius 2 is 2.27 bits per heavy atom. The zero-order chi connectivity index (χ0) is 11.3. The summed E-state index contributed by atoms with van der Waals surface area (Å²) in [4.78, 5) is 13.4. The predicted octanol–water partition coefficient (Wildman–Crippen LogP) is 0.479. The molecule has 1 saturated heterocycles. The number of carbonyl (C=O) groups excluding carboxylic acids is 1. The Morgan fingerprint density at radius 3 is 2.80 bits per heavy atom. The van der Waals surface area contributed by atoms with Crippen LogP contribution in [0.25, 0.3) is 0 Å². The topological polar surface area (TPSA) is 41.6 Å². The third kappa shape index (κ3) is 3.80. The average Bonchev–Trinajstić information content (AvgIpc) is 2.20. The quantitative estimate of drug-likeness (QED) is 0.724. The van der Waals surface area contributed by atoms with Crippen LogP contribution in [0, 0.1) is 5.92 Å². The molecule has 0 radical (unpaired) electrons. The fourth-order valence-corrected chi connectivity index (χ4v) is 1.75. The summed E-state index contributed by atoms with van der Waals surface area (Å²) in [7, 11) is 0. The van der Waals surface area contributed by atoms with Gasteiger partial charge in [-0.1, -0.05) is 20.8 Å². The molecule has 1 amide bonds. The van der Waals surface area contributed by atoms with Gasteiger partial charge in [-0.3, -0.25) is 4.79 Å². The third-order valence-electron chi connectivity index (χ3n) is 2.77. The van der Waals surface area contributed by atoms with Crippen molar-refractivity contribution in [3.63, 3.8) is 0 Å². The molecule has 4 heteroatoms. The number of hydrogen-bond acceptors (Lipinski definition) is 3. The first kappa shape index (κ1) is 12.5. The molecule has 1 N–H and O–H groups in total. The lowest BCUT2D eigenvalue weighted by Crippen LogP contribution is -2.50. The van der Waals surface area contributed by atoms with Crippen LogP contribution in [0.1, 0.15) is 20.8 Å². The van der Waals surface area contributed by atoms with Crippen LogP contribution < -0.4 is 5.32 Å². The molecule has 0 aliphatic carbocycles. The zero-order valence-corrected chi connectivity index (χ0v) is 9.95. The van der Waals surface area contributed by atoms with Gasteiger partial charge in [-0.25, -0.2) is 0 Å². The molecule has 1 heterocycles. The minimum Gasteiger partial charge on any atom is -0.370 e. The summed E-state index contributed by atoms with van der Waals surface area (Å²) in [6.45, 7) is 9.84. The number of nitrogens with one attached hydrogen (secondary N) is 1. The van der Waals surface area contributed by atoms with Gasteiger partial charge in [-0.2, -0.15) is 0 Å². The van der Waals surface area contributed by atoms with Crippen molar-refractivity contribution in [2.45, 2.75) is 26.8 Å². The molecule has 88 valence electrons. The van der Waals surface area contributed by atoms with Crippen LogP contribution in [0.5, 0.6) is 0 Å². The fraction of sp³-hybridized carbons (Fsp3) is 0.909. The van der Waals surface area contributed by atoms with Gasteiger partial charge in [0.15, 0.2) is 0 Å². The molecule has 0 spiro atoms. The van der Waals surface area contributed by atoms with Gasteiger partial charge in [-0.05, 0) is 12.5 Å². The molecule has 15 heavy (non-hydrogen) atoms. The lowest BCUT2D eigenvalue weighted by molar-refractivity contribution is -0.143. The van der Waals surface area contributed by atoms with E-state index in [0.29, 0.717) is 18.6 Å². The van der Waals surface area contributed by atoms with E-state index < -0.39 is 0 Å². The highest BCUT2D eigenvalue weighted by atomic mass is 16.5. The van der Waals surface area contributed by atoms with E-state index >= 15 is 0 Å². The maximum Gasteiger partial charge on any atom is 0.248 e. The van der Waals surface area contributed by atoms with Crippen molar-refractivity contribution in [1.29, 1.82) is 0 Å². The molecule has 0 aromatic heterocycles. The Balaban J connectivity index is 2.45. The van der Waals surface area contributed by atoms with Crippen LogP contribution in [-0.2, 0) is 9.53 Å². The molecule has 1 atom stereocenters. The van der Waals surface area contributed by atoms with Crippen molar-refractivity contribution in [1.82, 2.24) is 10.2 Å². The summed E-state index contributed by atoms with van der Waals surface area (Å²) in [5.41, 5.74) is 0. The highest BCUT2D eigenvalue weighted by molar-refractivity contribution is 5.78. The number of rotatable bonds is 5. The van der Waals surface area contributed by atoms with E-state index in [1.54, 1.807) is 0 Å². The molecule has 1 aliphatic rings. The standard InChI is InChI=1S/C11H22N2O2/c1-4-12-10(9(2)3)7-13-5-6-15-8-11(13)14/h9-10,12H,4-8H2,1-3H3. The van der Waals surface area contributed by atoms with E-state index in [9.17, 15) is 4.79 Å². The van der Waals surface area contributed by atoms with E-state index in [4.69, 9.17) is 4.74 Å². The summed E-state index contributed by atoms with van der Waals surface area (Å²) in [6, 6.07) is 0.386. The van der Waals surface area contributed by atoms with E-state index in [2.05, 4.69) is 26.1 Å². The summed E-state index contributed by atoms with van der Waals surface area (Å²) < 4.78 is 5.10. The summed E-state index contributed by atoms with van der Waals surface area (Å²) in [5, 5.41) is 3.42. The first-order chi connectivity index (χ1) is 7.15. The largest absolute Gasteiger partial charge is 0.370 e. The summed E-state index contributed by atoms with van der Waals surface area (Å²) in [6.07, 6.45) is 0. The van der Waals surface area contributed by atoms with E-state index in [1.807, 2.05) is 4.90 Å². The molecule has 1 aliphatic heterocycles. The summed E-state index contributed by atoms with van der Waals surface area (Å²) >= 11 is 0. The zero-order valence-electron chi connectivity index (χ0n) is 9.95. The molecule has 4 nitrogen and oxygen atoms in total. The molecular weight excluding hydrogens is 192 g/mol. The maximum absolute atomic E-state index is 11.5. The van der Waals surface area contributed by atoms with Gasteiger partial charge in [0.25, 0.3) is 0 Å². The summed E-state index contributed by atoms with van der Waals surface area (Å²) in [5.74, 6) is 0.658. The average molecular weight is 214 g/mol. The van der Waals surface area contributed by atoms with Gasteiger partial charge in [0, 0.05) is 19.1 Å². The van der Waals surface area contributed by atoms with Gasteiger partial charge in [0.05, 0.1) is 6.61 Å². The van der Waals surface area contributed by atoms with Crippen molar-refractivity contribution < 1.29 is 9.53 Å². The van der Waals surface area contributed by atoms with E-state index in [-0.39, 0.29) is 12.5 Å². The molecule has 0 aromatic rings. The number of carbonyl (C=O) groups is 1. The molecule has 1 rings (SSSR count). The Hall–Kier alpha value is -0.610. The lowest BCUT2D eigenvalue weighted by atomic mass is 10.0. The second kappa shape index (κ2) is 6.08. The SMILES string of the molecule is CCNC(CN1CCOCC1=O)C(C)C. The minimum atomic E-state index is 0.116. The monoisotopic (exact) mass is 214 g/mol. The van der Waals surface area contributed by atoms with E-state index in [1.165, 1.54) is 0 Å². The molecule has 0 aromatic carbocycles. The number of morpholine rings is 1. The van der Waals surface area contributed by atoms with Gasteiger partial charge in [-0.15, -0.1) is 0 Å². The highest BCUT2D eigenvalue weighted by Gasteiger charge is 2.23. The Bertz CT molecular complexity index is 207.